The quantitative estimate of drug-likeness (QED) is 0.274. The molecule has 0 atom stereocenters. The summed E-state index contributed by atoms with van der Waals surface area (Å²) in [5.41, 5.74) is 1.38. The molecule has 2 aromatic rings. The molecule has 1 aromatic carbocycles. The smallest absolute Gasteiger partial charge is 0.308 e. The SMILES string of the molecule is COC1=C(OC)C(=O)C(Cc2ccc(OC(C)=O)c(C(=O)Nc3ccnc(Cl)c3)c2)=C(C)C1=O. The first-order valence-corrected chi connectivity index (χ1v) is 10.4. The van der Waals surface area contributed by atoms with Gasteiger partial charge in [-0.2, -0.15) is 0 Å². The van der Waals surface area contributed by atoms with E-state index in [0.29, 0.717) is 11.3 Å². The van der Waals surface area contributed by atoms with Gasteiger partial charge in [0.25, 0.3) is 5.91 Å². The van der Waals surface area contributed by atoms with Gasteiger partial charge in [0.2, 0.25) is 23.1 Å². The van der Waals surface area contributed by atoms with Gasteiger partial charge in [0.15, 0.2) is 0 Å². The zero-order valence-electron chi connectivity index (χ0n) is 18.9. The number of rotatable bonds is 7. The number of allylic oxidation sites excluding steroid dienone is 2. The van der Waals surface area contributed by atoms with Crippen LogP contribution < -0.4 is 10.1 Å². The standard InChI is InChI=1S/C24H21ClN2O7/c1-12-16(21(30)23(33-4)22(32-3)20(12)29)9-14-5-6-18(34-13(2)28)17(10-14)24(31)27-15-7-8-26-19(25)11-15/h5-8,10-11H,9H2,1-4H3,(H,26,27,31). The first kappa shape index (κ1) is 24.7. The molecule has 0 spiro atoms. The van der Waals surface area contributed by atoms with Crippen LogP contribution in [0.15, 0.2) is 59.2 Å². The molecule has 0 saturated heterocycles. The molecule has 1 aromatic heterocycles. The third-order valence-corrected chi connectivity index (χ3v) is 5.21. The van der Waals surface area contributed by atoms with Gasteiger partial charge in [-0.05, 0) is 36.8 Å². The molecule has 0 fully saturated rings. The second kappa shape index (κ2) is 10.3. The molecule has 176 valence electrons. The van der Waals surface area contributed by atoms with Gasteiger partial charge in [0.05, 0.1) is 19.8 Å². The minimum atomic E-state index is -0.609. The van der Waals surface area contributed by atoms with Crippen LogP contribution in [-0.4, -0.2) is 42.6 Å². The topological polar surface area (TPSA) is 121 Å². The molecule has 34 heavy (non-hydrogen) atoms. The average Bonchev–Trinajstić information content (AvgIpc) is 2.79. The van der Waals surface area contributed by atoms with Crippen LogP contribution in [0.5, 0.6) is 5.75 Å². The van der Waals surface area contributed by atoms with Crippen molar-refractivity contribution >= 4 is 40.7 Å². The summed E-state index contributed by atoms with van der Waals surface area (Å²) in [4.78, 5) is 54.0. The fraction of sp³-hybridized carbons (Fsp3) is 0.208. The van der Waals surface area contributed by atoms with E-state index in [-0.39, 0.29) is 45.6 Å². The first-order valence-electron chi connectivity index (χ1n) is 10.0. The van der Waals surface area contributed by atoms with E-state index < -0.39 is 23.4 Å². The van der Waals surface area contributed by atoms with E-state index in [2.05, 4.69) is 10.3 Å². The number of methoxy groups -OCH3 is 2. The fourth-order valence-corrected chi connectivity index (χ4v) is 3.57. The molecule has 0 saturated carbocycles. The van der Waals surface area contributed by atoms with E-state index in [4.69, 9.17) is 25.8 Å². The van der Waals surface area contributed by atoms with Gasteiger partial charge in [-0.1, -0.05) is 17.7 Å². The first-order chi connectivity index (χ1) is 16.2. The lowest BCUT2D eigenvalue weighted by molar-refractivity contribution is -0.131. The van der Waals surface area contributed by atoms with Crippen molar-refractivity contribution < 1.29 is 33.4 Å². The van der Waals surface area contributed by atoms with Crippen LogP contribution >= 0.6 is 11.6 Å². The fourth-order valence-electron chi connectivity index (χ4n) is 3.40. The predicted molar refractivity (Wildman–Crippen MR) is 122 cm³/mol. The lowest BCUT2D eigenvalue weighted by atomic mass is 9.88. The van der Waals surface area contributed by atoms with Gasteiger partial charge in [-0.25, -0.2) is 4.98 Å². The highest BCUT2D eigenvalue weighted by molar-refractivity contribution is 6.29. The molecular formula is C24H21ClN2O7. The average molecular weight is 485 g/mol. The number of amides is 1. The number of pyridine rings is 1. The second-order valence-electron chi connectivity index (χ2n) is 7.25. The number of Topliss-reactive ketones (excluding diaryl/α,β-unsaturated/α-hetero) is 2. The van der Waals surface area contributed by atoms with Crippen LogP contribution in [0.1, 0.15) is 29.8 Å². The van der Waals surface area contributed by atoms with Crippen LogP contribution in [0.4, 0.5) is 5.69 Å². The zero-order valence-corrected chi connectivity index (χ0v) is 19.6. The summed E-state index contributed by atoms with van der Waals surface area (Å²) in [6, 6.07) is 7.53. The predicted octanol–water partition coefficient (Wildman–Crippen LogP) is 3.43. The normalized spacial score (nSPS) is 13.7. The van der Waals surface area contributed by atoms with Crippen LogP contribution in [-0.2, 0) is 30.3 Å². The molecule has 1 N–H and O–H groups in total. The Kier molecular flexibility index (Phi) is 7.47. The van der Waals surface area contributed by atoms with Crippen LogP contribution in [0.3, 0.4) is 0 Å². The van der Waals surface area contributed by atoms with Gasteiger partial charge >= 0.3 is 5.97 Å². The number of aromatic nitrogens is 1. The molecule has 9 nitrogen and oxygen atoms in total. The highest BCUT2D eigenvalue weighted by Gasteiger charge is 2.34. The summed E-state index contributed by atoms with van der Waals surface area (Å²) >= 11 is 5.87. The van der Waals surface area contributed by atoms with Crippen molar-refractivity contribution in [2.75, 3.05) is 19.5 Å². The monoisotopic (exact) mass is 484 g/mol. The second-order valence-corrected chi connectivity index (χ2v) is 7.64. The summed E-state index contributed by atoms with van der Waals surface area (Å²) < 4.78 is 15.3. The van der Waals surface area contributed by atoms with Crippen molar-refractivity contribution in [1.29, 1.82) is 0 Å². The van der Waals surface area contributed by atoms with E-state index >= 15 is 0 Å². The number of benzene rings is 1. The third kappa shape index (κ3) is 5.15. The van der Waals surface area contributed by atoms with Crippen LogP contribution in [0.2, 0.25) is 5.15 Å². The van der Waals surface area contributed by atoms with Gasteiger partial charge in [0, 0.05) is 36.4 Å². The van der Waals surface area contributed by atoms with Crippen molar-refractivity contribution in [3.8, 4) is 5.75 Å². The molecule has 0 radical (unpaired) electrons. The number of nitrogens with one attached hydrogen (secondary N) is 1. The highest BCUT2D eigenvalue weighted by atomic mass is 35.5. The lowest BCUT2D eigenvalue weighted by Crippen LogP contribution is -2.26. The Morgan fingerprint density at radius 1 is 1.03 bits per heavy atom. The Bertz CT molecular complexity index is 1260. The Balaban J connectivity index is 1.98. The van der Waals surface area contributed by atoms with E-state index in [0.717, 1.165) is 0 Å². The number of ether oxygens (including phenoxy) is 3. The number of anilines is 1. The number of hydrogen-bond acceptors (Lipinski definition) is 8. The maximum atomic E-state index is 13.0. The summed E-state index contributed by atoms with van der Waals surface area (Å²) in [5.74, 6) is -2.44. The largest absolute Gasteiger partial charge is 0.489 e. The molecule has 1 heterocycles. The summed E-state index contributed by atoms with van der Waals surface area (Å²) in [7, 11) is 2.56. The number of nitrogens with zero attached hydrogens (tertiary/aromatic N) is 1. The Morgan fingerprint density at radius 2 is 1.71 bits per heavy atom. The number of carbonyl (C=O) groups is 4. The minimum Gasteiger partial charge on any atom is -0.489 e. The molecule has 0 unspecified atom stereocenters. The minimum absolute atomic E-state index is 0.0297. The van der Waals surface area contributed by atoms with Gasteiger partial charge in [-0.15, -0.1) is 0 Å². The van der Waals surface area contributed by atoms with E-state index in [9.17, 15) is 19.2 Å². The van der Waals surface area contributed by atoms with Crippen molar-refractivity contribution in [2.45, 2.75) is 20.3 Å². The Labute approximate surface area is 200 Å². The number of halogens is 1. The third-order valence-electron chi connectivity index (χ3n) is 5.00. The number of hydrogen-bond donors (Lipinski definition) is 1. The van der Waals surface area contributed by atoms with Gasteiger partial charge < -0.3 is 19.5 Å². The van der Waals surface area contributed by atoms with Crippen LogP contribution in [0, 0.1) is 0 Å². The molecule has 1 amide bonds. The summed E-state index contributed by atoms with van der Waals surface area (Å²) in [6.07, 6.45) is 1.46. The number of carbonyl (C=O) groups excluding carboxylic acids is 4. The summed E-state index contributed by atoms with van der Waals surface area (Å²) in [6.45, 7) is 2.74. The molecule has 0 bridgehead atoms. The van der Waals surface area contributed by atoms with E-state index in [1.165, 1.54) is 52.5 Å². The molecular weight excluding hydrogens is 464 g/mol. The van der Waals surface area contributed by atoms with Crippen LogP contribution in [0.25, 0.3) is 0 Å². The number of ketones is 2. The lowest BCUT2D eigenvalue weighted by Gasteiger charge is -2.20. The van der Waals surface area contributed by atoms with Gasteiger partial charge in [0.1, 0.15) is 10.9 Å². The maximum absolute atomic E-state index is 13.0. The molecule has 1 aliphatic carbocycles. The Hall–Kier alpha value is -3.98. The van der Waals surface area contributed by atoms with Crippen molar-refractivity contribution in [2.24, 2.45) is 0 Å². The zero-order chi connectivity index (χ0) is 25.0. The molecule has 3 rings (SSSR count). The highest BCUT2D eigenvalue weighted by Crippen LogP contribution is 2.30. The maximum Gasteiger partial charge on any atom is 0.308 e. The van der Waals surface area contributed by atoms with E-state index in [1.54, 1.807) is 12.1 Å². The summed E-state index contributed by atoms with van der Waals surface area (Å²) in [5, 5.41) is 2.85. The number of esters is 1. The van der Waals surface area contributed by atoms with Crippen molar-refractivity contribution in [1.82, 2.24) is 4.98 Å². The molecule has 0 aliphatic heterocycles. The molecule has 10 heteroatoms. The van der Waals surface area contributed by atoms with Gasteiger partial charge in [-0.3, -0.25) is 19.2 Å². The Morgan fingerprint density at radius 3 is 2.32 bits per heavy atom. The van der Waals surface area contributed by atoms with Crippen molar-refractivity contribution in [3.63, 3.8) is 0 Å². The molecule has 1 aliphatic rings. The van der Waals surface area contributed by atoms with E-state index in [1.807, 2.05) is 0 Å². The van der Waals surface area contributed by atoms with Crippen molar-refractivity contribution in [3.05, 3.63) is 75.5 Å².